The molecule has 1 aromatic rings. The van der Waals surface area contributed by atoms with Crippen LogP contribution in [0.15, 0.2) is 82.5 Å². The van der Waals surface area contributed by atoms with E-state index in [-0.39, 0.29) is 42.4 Å². The van der Waals surface area contributed by atoms with Crippen molar-refractivity contribution >= 4 is 23.1 Å². The number of aliphatic hydroxyl groups excluding tert-OH is 1. The summed E-state index contributed by atoms with van der Waals surface area (Å²) in [4.78, 5) is 46.2. The molecule has 2 bridgehead atoms. The molecule has 2 aliphatic carbocycles. The Morgan fingerprint density at radius 2 is 1.45 bits per heavy atom. The summed E-state index contributed by atoms with van der Waals surface area (Å²) in [6.45, 7) is 24.2. The van der Waals surface area contributed by atoms with Crippen molar-refractivity contribution in [1.82, 2.24) is 0 Å². The van der Waals surface area contributed by atoms with Crippen LogP contribution in [0.5, 0.6) is 11.5 Å². The number of aliphatic hydroxyl groups is 1. The van der Waals surface area contributed by atoms with E-state index in [2.05, 4.69) is 24.8 Å². The average molecular weight is 671 g/mol. The molecule has 5 atom stereocenters. The summed E-state index contributed by atoms with van der Waals surface area (Å²) < 4.78 is 0. The van der Waals surface area contributed by atoms with Crippen LogP contribution < -0.4 is 0 Å². The van der Waals surface area contributed by atoms with Crippen LogP contribution in [0.3, 0.4) is 0 Å². The van der Waals surface area contributed by atoms with E-state index in [0.29, 0.717) is 25.7 Å². The highest BCUT2D eigenvalue weighted by molar-refractivity contribution is 6.41. The predicted molar refractivity (Wildman–Crippen MR) is 199 cm³/mol. The van der Waals surface area contributed by atoms with E-state index < -0.39 is 50.6 Å². The lowest BCUT2D eigenvalue weighted by Crippen LogP contribution is -2.70. The standard InChI is InChI=1S/C43H58O6/c1-26(2)13-12-21-41(11)33(18-15-28(5)6)25-42(24-32(30(9)10)16-14-27(3)4)38(47)36(37(46)31-17-19-34(44)35(45)23-31)39(48)43(41,40(42)49)22-20-29(7)8/h13-15,17,19-20,23,32-33,44-46H,9,12,16,18,21-22,24-25H2,1-8,10-11H3/t32-,33+,41+,42-,43+/m0/s1. The number of Topliss-reactive ketones (excluding diaryl/α,β-unsaturated/α-hetero) is 3. The van der Waals surface area contributed by atoms with Crippen LogP contribution in [-0.4, -0.2) is 32.7 Å². The molecule has 2 fully saturated rings. The molecule has 2 aliphatic rings. The van der Waals surface area contributed by atoms with E-state index in [1.54, 1.807) is 0 Å². The van der Waals surface area contributed by atoms with E-state index >= 15 is 14.4 Å². The van der Waals surface area contributed by atoms with E-state index in [0.717, 1.165) is 33.9 Å². The van der Waals surface area contributed by atoms with Crippen LogP contribution in [0.2, 0.25) is 0 Å². The van der Waals surface area contributed by atoms with Gasteiger partial charge in [0.05, 0.1) is 5.41 Å². The summed E-state index contributed by atoms with van der Waals surface area (Å²) in [5, 5.41) is 32.2. The van der Waals surface area contributed by atoms with Crippen molar-refractivity contribution in [3.05, 3.63) is 88.1 Å². The molecular weight excluding hydrogens is 612 g/mol. The normalized spacial score (nSPS) is 26.4. The van der Waals surface area contributed by atoms with Crippen LogP contribution in [0.1, 0.15) is 120 Å². The van der Waals surface area contributed by atoms with Gasteiger partial charge in [-0.3, -0.25) is 14.4 Å². The zero-order valence-corrected chi connectivity index (χ0v) is 31.4. The smallest absolute Gasteiger partial charge is 0.184 e. The largest absolute Gasteiger partial charge is 0.506 e. The summed E-state index contributed by atoms with van der Waals surface area (Å²) in [5.41, 5.74) is 0.643. The highest BCUT2D eigenvalue weighted by Gasteiger charge is 2.74. The number of aromatic hydroxyl groups is 2. The van der Waals surface area contributed by atoms with Gasteiger partial charge >= 0.3 is 0 Å². The second kappa shape index (κ2) is 15.3. The maximum absolute atomic E-state index is 15.7. The van der Waals surface area contributed by atoms with Crippen LogP contribution >= 0.6 is 0 Å². The summed E-state index contributed by atoms with van der Waals surface area (Å²) in [6.07, 6.45) is 11.2. The van der Waals surface area contributed by atoms with E-state index in [4.69, 9.17) is 0 Å². The Morgan fingerprint density at radius 1 is 0.857 bits per heavy atom. The lowest BCUT2D eigenvalue weighted by atomic mass is 9.37. The SMILES string of the molecule is C=C(C)[C@@H](CC=C(C)C)C[C@]12C[C@@H](CC=C(C)C)[C@@](C)(CCC=C(C)C)[C@](CC=C(C)C)(C(=O)C(=C(O)c3ccc(O)c(O)c3)C1=O)C2=O. The van der Waals surface area contributed by atoms with Gasteiger partial charge in [0.2, 0.25) is 0 Å². The van der Waals surface area contributed by atoms with Gasteiger partial charge in [-0.15, -0.1) is 0 Å². The molecule has 0 saturated heterocycles. The maximum Gasteiger partial charge on any atom is 0.184 e. The Bertz CT molecular complexity index is 1650. The number of rotatable bonds is 13. The fourth-order valence-corrected chi connectivity index (χ4v) is 8.00. The van der Waals surface area contributed by atoms with Gasteiger partial charge in [0.15, 0.2) is 28.8 Å². The summed E-state index contributed by atoms with van der Waals surface area (Å²) >= 11 is 0. The lowest BCUT2D eigenvalue weighted by Gasteiger charge is -2.62. The number of allylic oxidation sites excluding steroid dienone is 10. The van der Waals surface area contributed by atoms with E-state index in [9.17, 15) is 15.3 Å². The molecule has 0 heterocycles. The molecule has 3 rings (SSSR count). The number of hydrogen-bond donors (Lipinski definition) is 3. The van der Waals surface area contributed by atoms with Crippen molar-refractivity contribution in [2.24, 2.45) is 28.1 Å². The Labute approximate surface area is 294 Å². The molecule has 0 unspecified atom stereocenters. The van der Waals surface area contributed by atoms with Crippen molar-refractivity contribution in [2.75, 3.05) is 0 Å². The zero-order valence-electron chi connectivity index (χ0n) is 31.4. The number of carbonyl (C=O) groups excluding carboxylic acids is 3. The first-order valence-corrected chi connectivity index (χ1v) is 17.5. The summed E-state index contributed by atoms with van der Waals surface area (Å²) in [7, 11) is 0. The highest BCUT2D eigenvalue weighted by atomic mass is 16.3. The molecule has 6 heteroatoms. The van der Waals surface area contributed by atoms with Crippen LogP contribution in [0.4, 0.5) is 0 Å². The first kappa shape index (κ1) is 39.5. The molecule has 1 aromatic carbocycles. The second-order valence-corrected chi connectivity index (χ2v) is 15.8. The quantitative estimate of drug-likeness (QED) is 0.0481. The summed E-state index contributed by atoms with van der Waals surface area (Å²) in [5.74, 6) is -3.59. The molecule has 266 valence electrons. The number of phenols is 2. The molecule has 0 aliphatic heterocycles. The van der Waals surface area contributed by atoms with Crippen molar-refractivity contribution in [3.63, 3.8) is 0 Å². The van der Waals surface area contributed by atoms with Gasteiger partial charge in [-0.2, -0.15) is 0 Å². The number of carbonyl (C=O) groups is 3. The van der Waals surface area contributed by atoms with Gasteiger partial charge in [-0.25, -0.2) is 0 Å². The van der Waals surface area contributed by atoms with Crippen LogP contribution in [0.25, 0.3) is 5.76 Å². The minimum absolute atomic E-state index is 0.0141. The van der Waals surface area contributed by atoms with Crippen molar-refractivity contribution in [3.8, 4) is 11.5 Å². The first-order valence-electron chi connectivity index (χ1n) is 17.5. The van der Waals surface area contributed by atoms with E-state index in [1.807, 2.05) is 75.3 Å². The third kappa shape index (κ3) is 7.64. The fourth-order valence-electron chi connectivity index (χ4n) is 8.00. The van der Waals surface area contributed by atoms with Gasteiger partial charge in [0.25, 0.3) is 0 Å². The molecule has 0 radical (unpaired) electrons. The fraction of sp³-hybridized carbons (Fsp3) is 0.512. The van der Waals surface area contributed by atoms with Crippen molar-refractivity contribution in [1.29, 1.82) is 0 Å². The molecule has 0 amide bonds. The Hall–Kier alpha value is -3.93. The third-order valence-electron chi connectivity index (χ3n) is 11.0. The molecule has 0 aromatic heterocycles. The minimum atomic E-state index is -1.65. The topological polar surface area (TPSA) is 112 Å². The van der Waals surface area contributed by atoms with Crippen LogP contribution in [0, 0.1) is 28.1 Å². The van der Waals surface area contributed by atoms with Crippen molar-refractivity contribution in [2.45, 2.75) is 114 Å². The van der Waals surface area contributed by atoms with Crippen LogP contribution in [-0.2, 0) is 14.4 Å². The lowest BCUT2D eigenvalue weighted by molar-refractivity contribution is -0.180. The van der Waals surface area contributed by atoms with Gasteiger partial charge in [0, 0.05) is 5.56 Å². The van der Waals surface area contributed by atoms with Gasteiger partial charge in [-0.1, -0.05) is 65.7 Å². The average Bonchev–Trinajstić information content (AvgIpc) is 3.00. The monoisotopic (exact) mass is 670 g/mol. The number of ketones is 3. The Morgan fingerprint density at radius 3 is 1.98 bits per heavy atom. The Kier molecular flexibility index (Phi) is 12.3. The molecule has 6 nitrogen and oxygen atoms in total. The molecule has 0 spiro atoms. The zero-order chi connectivity index (χ0) is 37.1. The summed E-state index contributed by atoms with van der Waals surface area (Å²) in [6, 6.07) is 3.70. The maximum atomic E-state index is 15.7. The third-order valence-corrected chi connectivity index (χ3v) is 11.0. The van der Waals surface area contributed by atoms with Gasteiger partial charge < -0.3 is 15.3 Å². The predicted octanol–water partition coefficient (Wildman–Crippen LogP) is 10.5. The Balaban J connectivity index is 2.55. The van der Waals surface area contributed by atoms with Gasteiger partial charge in [-0.05, 0) is 143 Å². The molecular formula is C43H58O6. The first-order chi connectivity index (χ1) is 22.7. The van der Waals surface area contributed by atoms with Gasteiger partial charge in [0.1, 0.15) is 16.7 Å². The molecule has 3 N–H and O–H groups in total. The minimum Gasteiger partial charge on any atom is -0.506 e. The molecule has 49 heavy (non-hydrogen) atoms. The van der Waals surface area contributed by atoms with E-state index in [1.165, 1.54) is 12.1 Å². The van der Waals surface area contributed by atoms with Crippen molar-refractivity contribution < 1.29 is 29.7 Å². The number of fused-ring (bicyclic) bond motifs is 2. The molecule has 2 saturated carbocycles. The second-order valence-electron chi connectivity index (χ2n) is 15.8. The number of hydrogen-bond acceptors (Lipinski definition) is 6. The highest BCUT2D eigenvalue weighted by Crippen LogP contribution is 2.67. The number of phenolic OH excluding ortho intramolecular Hbond substituents is 2. The number of benzene rings is 1.